The lowest BCUT2D eigenvalue weighted by atomic mass is 10.1. The summed E-state index contributed by atoms with van der Waals surface area (Å²) < 4.78 is 42.1. The van der Waals surface area contributed by atoms with Gasteiger partial charge in [0.05, 0.1) is 34.6 Å². The highest BCUT2D eigenvalue weighted by molar-refractivity contribution is 7.92. The van der Waals surface area contributed by atoms with E-state index in [9.17, 15) is 33.0 Å². The molecule has 3 aromatic rings. The van der Waals surface area contributed by atoms with Crippen LogP contribution in [0.5, 0.6) is 10.8 Å². The number of rotatable bonds is 11. The molecule has 0 spiro atoms. The Morgan fingerprint density at radius 3 is 2.42 bits per heavy atom. The van der Waals surface area contributed by atoms with Gasteiger partial charge in [-0.1, -0.05) is 29.5 Å². The summed E-state index contributed by atoms with van der Waals surface area (Å²) >= 11 is 0.897. The Hall–Kier alpha value is -3.85. The molecule has 2 atom stereocenters. The Kier molecular flexibility index (Phi) is 7.85. The van der Waals surface area contributed by atoms with Crippen molar-refractivity contribution in [3.8, 4) is 10.8 Å². The van der Waals surface area contributed by atoms with Crippen LogP contribution in [0, 0.1) is 0 Å². The van der Waals surface area contributed by atoms with Crippen molar-refractivity contribution >= 4 is 44.2 Å². The molecule has 1 aliphatic heterocycles. The molecule has 2 heterocycles. The molecule has 5 rings (SSSR count). The molecule has 1 saturated carbocycles. The van der Waals surface area contributed by atoms with Gasteiger partial charge in [0.1, 0.15) is 11.3 Å². The van der Waals surface area contributed by atoms with E-state index in [-0.39, 0.29) is 32.2 Å². The van der Waals surface area contributed by atoms with Crippen molar-refractivity contribution in [1.82, 2.24) is 4.98 Å². The fraction of sp³-hybridized carbons (Fsp3) is 0.308. The summed E-state index contributed by atoms with van der Waals surface area (Å²) in [5.74, 6) is -3.66. The quantitative estimate of drug-likeness (QED) is 0.297. The number of aromatic nitrogens is 1. The second-order valence-electron chi connectivity index (χ2n) is 9.18. The molecule has 1 amide bonds. The number of thiazole rings is 1. The number of sulfone groups is 1. The lowest BCUT2D eigenvalue weighted by molar-refractivity contribution is -0.131. The first kappa shape index (κ1) is 27.7. The van der Waals surface area contributed by atoms with Gasteiger partial charge in [0, 0.05) is 6.61 Å². The fourth-order valence-corrected chi connectivity index (χ4v) is 6.51. The number of ether oxygens (including phenoxy) is 3. The van der Waals surface area contributed by atoms with Crippen molar-refractivity contribution in [2.45, 2.75) is 41.6 Å². The van der Waals surface area contributed by atoms with Gasteiger partial charge in [-0.15, -0.1) is 0 Å². The number of carboxylic acids is 2. The monoisotopic (exact) mass is 588 g/mol. The Balaban J connectivity index is 1.34. The Labute approximate surface area is 232 Å². The normalized spacial score (nSPS) is 17.8. The van der Waals surface area contributed by atoms with Crippen LogP contribution < -0.4 is 10.1 Å². The number of carbonyl (C=O) groups is 3. The third-order valence-electron chi connectivity index (χ3n) is 6.32. The van der Waals surface area contributed by atoms with Crippen LogP contribution >= 0.6 is 11.3 Å². The summed E-state index contributed by atoms with van der Waals surface area (Å²) in [7, 11) is -3.39. The maximum atomic E-state index is 13.3. The molecule has 2 fully saturated rings. The molecule has 3 N–H and O–H groups in total. The van der Waals surface area contributed by atoms with Crippen LogP contribution in [0.3, 0.4) is 0 Å². The van der Waals surface area contributed by atoms with E-state index < -0.39 is 44.9 Å². The zero-order chi connectivity index (χ0) is 28.4. The molecule has 14 heteroatoms. The number of amides is 1. The minimum absolute atomic E-state index is 0.108. The van der Waals surface area contributed by atoms with Crippen LogP contribution in [-0.2, 0) is 24.1 Å². The molecule has 2 aliphatic rings. The van der Waals surface area contributed by atoms with Crippen molar-refractivity contribution in [3.05, 3.63) is 65.4 Å². The second-order valence-corrected chi connectivity index (χ2v) is 12.4. The Morgan fingerprint density at radius 1 is 1.05 bits per heavy atom. The highest BCUT2D eigenvalue weighted by Gasteiger charge is 2.37. The molecule has 210 valence electrons. The summed E-state index contributed by atoms with van der Waals surface area (Å²) in [5.41, 5.74) is -0.507. The van der Waals surface area contributed by atoms with Gasteiger partial charge in [0.15, 0.2) is 21.1 Å². The number of nitrogens with zero attached hydrogens (tertiary/aromatic N) is 1. The summed E-state index contributed by atoms with van der Waals surface area (Å²) in [6, 6.07) is 9.86. The van der Waals surface area contributed by atoms with E-state index in [0.29, 0.717) is 38.0 Å². The number of carboxylic acid groups (broad SMARTS) is 2. The van der Waals surface area contributed by atoms with Crippen molar-refractivity contribution in [3.63, 3.8) is 0 Å². The molecule has 1 saturated heterocycles. The van der Waals surface area contributed by atoms with E-state index in [2.05, 4.69) is 10.3 Å². The zero-order valence-corrected chi connectivity index (χ0v) is 22.4. The van der Waals surface area contributed by atoms with E-state index >= 15 is 0 Å². The van der Waals surface area contributed by atoms with Crippen molar-refractivity contribution in [1.29, 1.82) is 0 Å². The highest BCUT2D eigenvalue weighted by Crippen LogP contribution is 2.36. The van der Waals surface area contributed by atoms with Crippen LogP contribution in [0.4, 0.5) is 5.13 Å². The number of anilines is 1. The predicted molar refractivity (Wildman–Crippen MR) is 141 cm³/mol. The Morgan fingerprint density at radius 2 is 1.80 bits per heavy atom. The fourth-order valence-electron chi connectivity index (χ4n) is 4.17. The first-order valence-corrected chi connectivity index (χ1v) is 14.6. The van der Waals surface area contributed by atoms with Gasteiger partial charge in [0.25, 0.3) is 5.91 Å². The first-order valence-electron chi connectivity index (χ1n) is 12.2. The lowest BCUT2D eigenvalue weighted by Gasteiger charge is -2.21. The van der Waals surface area contributed by atoms with Gasteiger partial charge in [-0.05, 0) is 49.1 Å². The van der Waals surface area contributed by atoms with Crippen LogP contribution in [0.2, 0.25) is 0 Å². The zero-order valence-electron chi connectivity index (χ0n) is 20.8. The van der Waals surface area contributed by atoms with Gasteiger partial charge in [-0.25, -0.2) is 23.0 Å². The average molecular weight is 589 g/mol. The highest BCUT2D eigenvalue weighted by atomic mass is 32.2. The summed E-state index contributed by atoms with van der Waals surface area (Å²) in [6.07, 6.45) is 1.70. The summed E-state index contributed by atoms with van der Waals surface area (Å²) in [4.78, 5) is 40.7. The lowest BCUT2D eigenvalue weighted by Crippen LogP contribution is -2.28. The number of aromatic carboxylic acids is 2. The van der Waals surface area contributed by atoms with Gasteiger partial charge in [-0.2, -0.15) is 0 Å². The van der Waals surface area contributed by atoms with E-state index in [1.807, 2.05) is 0 Å². The number of hydrogen-bond donors (Lipinski definition) is 3. The molecule has 0 bridgehead atoms. The number of hydrogen-bond acceptors (Lipinski definition) is 10. The van der Waals surface area contributed by atoms with Crippen LogP contribution in [0.15, 0.2) is 53.6 Å². The molecule has 0 radical (unpaired) electrons. The van der Waals surface area contributed by atoms with Crippen LogP contribution in [0.25, 0.3) is 0 Å². The minimum Gasteiger partial charge on any atom is -0.478 e. The molecule has 2 aromatic carbocycles. The van der Waals surface area contributed by atoms with Crippen LogP contribution in [-0.4, -0.2) is 66.0 Å². The molecule has 40 heavy (non-hydrogen) atoms. The van der Waals surface area contributed by atoms with Gasteiger partial charge in [-0.3, -0.25) is 10.1 Å². The third kappa shape index (κ3) is 5.99. The molecule has 1 aliphatic carbocycles. The third-order valence-corrected chi connectivity index (χ3v) is 9.39. The van der Waals surface area contributed by atoms with Gasteiger partial charge < -0.3 is 24.4 Å². The summed E-state index contributed by atoms with van der Waals surface area (Å²) in [5, 5.41) is 21.3. The maximum Gasteiger partial charge on any atom is 0.340 e. The topological polar surface area (TPSA) is 178 Å². The largest absolute Gasteiger partial charge is 0.478 e. The smallest absolute Gasteiger partial charge is 0.340 e. The molecule has 1 aromatic heterocycles. The number of nitrogens with one attached hydrogen (secondary N) is 1. The predicted octanol–water partition coefficient (Wildman–Crippen LogP) is 3.75. The standard InChI is InChI=1S/C26H24N2O10S2/c29-23(28-26-27-12-20(39-26)38-19-3-1-2-18(24(30)31)21(19)25(32)33)22(37-15-10-11-36-13-15)14-4-6-16(7-5-14)40(34,35)17-8-9-17/h1-7,12,15,17,22H,8-11,13H2,(H,30,31)(H,32,33)(H,27,28,29)/t15-,22?/m0/s1. The maximum absolute atomic E-state index is 13.3. The Bertz CT molecular complexity index is 1540. The molecular formula is C26H24N2O10S2. The van der Waals surface area contributed by atoms with Crippen LogP contribution in [0.1, 0.15) is 51.6 Å². The molecule has 1 unspecified atom stereocenters. The minimum atomic E-state index is -3.39. The average Bonchev–Trinajstić information content (AvgIpc) is 3.51. The van der Waals surface area contributed by atoms with Crippen molar-refractivity contribution < 1.29 is 47.2 Å². The van der Waals surface area contributed by atoms with Gasteiger partial charge in [0.2, 0.25) is 5.06 Å². The number of benzene rings is 2. The first-order chi connectivity index (χ1) is 19.1. The second kappa shape index (κ2) is 11.3. The van der Waals surface area contributed by atoms with E-state index in [1.165, 1.54) is 30.5 Å². The van der Waals surface area contributed by atoms with Crippen molar-refractivity contribution in [2.75, 3.05) is 18.5 Å². The summed E-state index contributed by atoms with van der Waals surface area (Å²) in [6.45, 7) is 0.806. The molecule has 12 nitrogen and oxygen atoms in total. The van der Waals surface area contributed by atoms with Crippen molar-refractivity contribution in [2.24, 2.45) is 0 Å². The van der Waals surface area contributed by atoms with E-state index in [0.717, 1.165) is 17.4 Å². The number of carbonyl (C=O) groups excluding carboxylic acids is 1. The SMILES string of the molecule is O=C(O)c1cccc(Oc2cnc(NC(=O)C(O[C@H]3CCOC3)c3ccc(S(=O)(=O)C4CC4)cc3)s2)c1C(=O)O. The molecular weight excluding hydrogens is 564 g/mol. The van der Waals surface area contributed by atoms with E-state index in [1.54, 1.807) is 12.1 Å². The van der Waals surface area contributed by atoms with Gasteiger partial charge >= 0.3 is 11.9 Å². The van der Waals surface area contributed by atoms with E-state index in [4.69, 9.17) is 14.2 Å².